The van der Waals surface area contributed by atoms with Crippen molar-refractivity contribution in [2.24, 2.45) is 5.73 Å². The average molecular weight is 353 g/mol. The average Bonchev–Trinajstić information content (AvgIpc) is 2.94. The summed E-state index contributed by atoms with van der Waals surface area (Å²) in [5.74, 6) is -0.567. The van der Waals surface area contributed by atoms with Crippen molar-refractivity contribution >= 4 is 17.5 Å². The summed E-state index contributed by atoms with van der Waals surface area (Å²) in [6.07, 6.45) is 3.80. The summed E-state index contributed by atoms with van der Waals surface area (Å²) in [6, 6.07) is 10.9. The normalized spacial score (nSPS) is 16.5. The van der Waals surface area contributed by atoms with Crippen LogP contribution in [0.5, 0.6) is 0 Å². The number of hydrogen-bond acceptors (Lipinski definition) is 4. The van der Waals surface area contributed by atoms with Gasteiger partial charge in [-0.2, -0.15) is 0 Å². The van der Waals surface area contributed by atoms with Gasteiger partial charge in [0.1, 0.15) is 0 Å². The van der Waals surface area contributed by atoms with Crippen molar-refractivity contribution in [3.63, 3.8) is 0 Å². The monoisotopic (exact) mass is 353 g/mol. The van der Waals surface area contributed by atoms with Crippen LogP contribution < -0.4 is 10.6 Å². The Balaban J connectivity index is 1.58. The van der Waals surface area contributed by atoms with E-state index in [1.54, 1.807) is 29.4 Å². The highest BCUT2D eigenvalue weighted by Gasteiger charge is 2.19. The summed E-state index contributed by atoms with van der Waals surface area (Å²) in [7, 11) is 0. The van der Waals surface area contributed by atoms with E-state index >= 15 is 0 Å². The molecule has 2 N–H and O–H groups in total. The lowest BCUT2D eigenvalue weighted by molar-refractivity contribution is -0.130. The van der Waals surface area contributed by atoms with Crippen LogP contribution in [0.25, 0.3) is 0 Å². The van der Waals surface area contributed by atoms with Gasteiger partial charge in [-0.05, 0) is 54.8 Å². The smallest absolute Gasteiger partial charge is 0.248 e. The van der Waals surface area contributed by atoms with Crippen LogP contribution in [0.3, 0.4) is 0 Å². The third kappa shape index (κ3) is 4.59. The SMILES string of the molecule is [2H][C@@H](Cc1ccncc1)C(=O)N1CCCN(c2ccc(C(N)=O)cc2)CC1. The molecule has 6 heteroatoms. The molecule has 1 atom stereocenters. The number of carbonyl (C=O) groups excluding carboxylic acids is 2. The molecule has 0 bridgehead atoms. The molecule has 1 fully saturated rings. The first-order valence-electron chi connectivity index (χ1n) is 9.37. The molecule has 6 nitrogen and oxygen atoms in total. The summed E-state index contributed by atoms with van der Waals surface area (Å²) < 4.78 is 8.23. The van der Waals surface area contributed by atoms with E-state index in [0.717, 1.165) is 24.2 Å². The van der Waals surface area contributed by atoms with E-state index in [1.165, 1.54) is 0 Å². The van der Waals surface area contributed by atoms with Crippen molar-refractivity contribution < 1.29 is 11.0 Å². The van der Waals surface area contributed by atoms with Crippen LogP contribution in [0, 0.1) is 0 Å². The quantitative estimate of drug-likeness (QED) is 0.890. The first-order valence-corrected chi connectivity index (χ1v) is 8.79. The summed E-state index contributed by atoms with van der Waals surface area (Å²) in [5, 5.41) is 0. The molecule has 1 aliphatic rings. The van der Waals surface area contributed by atoms with Crippen LogP contribution >= 0.6 is 0 Å². The van der Waals surface area contributed by atoms with Crippen molar-refractivity contribution in [3.05, 3.63) is 59.9 Å². The number of carbonyl (C=O) groups is 2. The number of rotatable bonds is 5. The number of pyridine rings is 1. The molecule has 1 aromatic heterocycles. The molecule has 136 valence electrons. The third-order valence-electron chi connectivity index (χ3n) is 4.59. The van der Waals surface area contributed by atoms with Gasteiger partial charge in [0.25, 0.3) is 0 Å². The van der Waals surface area contributed by atoms with Gasteiger partial charge in [-0.3, -0.25) is 14.6 Å². The lowest BCUT2D eigenvalue weighted by Gasteiger charge is -2.24. The van der Waals surface area contributed by atoms with Gasteiger partial charge < -0.3 is 15.5 Å². The van der Waals surface area contributed by atoms with Crippen LogP contribution in [0.15, 0.2) is 48.8 Å². The zero-order valence-electron chi connectivity index (χ0n) is 15.7. The number of aromatic nitrogens is 1. The molecule has 1 aliphatic heterocycles. The number of nitrogens with two attached hydrogens (primary N) is 1. The number of aryl methyl sites for hydroxylation is 1. The fourth-order valence-electron chi connectivity index (χ4n) is 3.09. The molecule has 1 saturated heterocycles. The number of amides is 2. The molecular formula is C20H24N4O2. The highest BCUT2D eigenvalue weighted by atomic mass is 16.2. The third-order valence-corrected chi connectivity index (χ3v) is 4.59. The van der Waals surface area contributed by atoms with E-state index in [9.17, 15) is 9.59 Å². The number of anilines is 1. The van der Waals surface area contributed by atoms with Gasteiger partial charge in [-0.15, -0.1) is 0 Å². The number of primary amides is 1. The van der Waals surface area contributed by atoms with Crippen molar-refractivity contribution in [3.8, 4) is 0 Å². The van der Waals surface area contributed by atoms with E-state index < -0.39 is 12.3 Å². The zero-order valence-corrected chi connectivity index (χ0v) is 14.7. The van der Waals surface area contributed by atoms with Crippen molar-refractivity contribution in [2.45, 2.75) is 19.2 Å². The molecule has 0 unspecified atom stereocenters. The molecule has 26 heavy (non-hydrogen) atoms. The molecule has 2 aromatic rings. The highest BCUT2D eigenvalue weighted by molar-refractivity contribution is 5.93. The lowest BCUT2D eigenvalue weighted by atomic mass is 10.1. The summed E-state index contributed by atoms with van der Waals surface area (Å²) >= 11 is 0. The Hall–Kier alpha value is -2.89. The Bertz CT molecular complexity index is 782. The molecular weight excluding hydrogens is 328 g/mol. The molecule has 3 rings (SSSR count). The van der Waals surface area contributed by atoms with E-state index in [4.69, 9.17) is 7.10 Å². The van der Waals surface area contributed by atoms with Gasteiger partial charge in [0, 0.05) is 57.6 Å². The molecule has 0 spiro atoms. The largest absolute Gasteiger partial charge is 0.370 e. The zero-order chi connectivity index (χ0) is 19.2. The Morgan fingerprint density at radius 1 is 1.04 bits per heavy atom. The Morgan fingerprint density at radius 3 is 2.46 bits per heavy atom. The van der Waals surface area contributed by atoms with E-state index in [2.05, 4.69) is 9.88 Å². The minimum atomic E-state index is -0.797. The van der Waals surface area contributed by atoms with Crippen LogP contribution in [0.4, 0.5) is 5.69 Å². The highest BCUT2D eigenvalue weighted by Crippen LogP contribution is 2.18. The maximum atomic E-state index is 12.7. The lowest BCUT2D eigenvalue weighted by Crippen LogP contribution is -2.35. The maximum Gasteiger partial charge on any atom is 0.248 e. The second kappa shape index (κ2) is 8.47. The van der Waals surface area contributed by atoms with Crippen LogP contribution in [0.2, 0.25) is 0 Å². The molecule has 0 aliphatic carbocycles. The number of nitrogens with zero attached hydrogens (tertiary/aromatic N) is 3. The Morgan fingerprint density at radius 2 is 1.77 bits per heavy atom. The number of hydrogen-bond donors (Lipinski definition) is 1. The van der Waals surface area contributed by atoms with Crippen LogP contribution in [-0.4, -0.2) is 47.9 Å². The van der Waals surface area contributed by atoms with Gasteiger partial charge in [-0.1, -0.05) is 0 Å². The molecule has 1 aromatic carbocycles. The first kappa shape index (κ1) is 16.6. The predicted molar refractivity (Wildman–Crippen MR) is 101 cm³/mol. The summed E-state index contributed by atoms with van der Waals surface area (Å²) in [4.78, 5) is 31.8. The van der Waals surface area contributed by atoms with Gasteiger partial charge in [0.15, 0.2) is 0 Å². The van der Waals surface area contributed by atoms with Crippen LogP contribution in [-0.2, 0) is 11.2 Å². The van der Waals surface area contributed by atoms with Gasteiger partial charge in [-0.25, -0.2) is 0 Å². The minimum Gasteiger partial charge on any atom is -0.370 e. The first-order chi connectivity index (χ1) is 13.0. The van der Waals surface area contributed by atoms with E-state index in [-0.39, 0.29) is 5.91 Å². The van der Waals surface area contributed by atoms with Crippen LogP contribution in [0.1, 0.15) is 30.1 Å². The topological polar surface area (TPSA) is 79.5 Å². The van der Waals surface area contributed by atoms with Gasteiger partial charge in [0.2, 0.25) is 11.8 Å². The maximum absolute atomic E-state index is 12.7. The van der Waals surface area contributed by atoms with Gasteiger partial charge >= 0.3 is 0 Å². The standard InChI is InChI=1S/C20H24N4O2/c21-20(26)17-3-5-18(6-4-17)23-12-1-13-24(15-14-23)19(25)7-2-16-8-10-22-11-9-16/h3-6,8-11H,1-2,7,12-15H2,(H2,21,26)/i7D/t7-/m0/s1. The van der Waals surface area contributed by atoms with E-state index in [0.29, 0.717) is 31.6 Å². The van der Waals surface area contributed by atoms with Gasteiger partial charge in [0.05, 0.1) is 0 Å². The second-order valence-electron chi connectivity index (χ2n) is 6.34. The summed E-state index contributed by atoms with van der Waals surface area (Å²) in [5.41, 5.74) is 7.73. The minimum absolute atomic E-state index is 0.127. The van der Waals surface area contributed by atoms with E-state index in [1.807, 2.05) is 24.3 Å². The molecule has 0 radical (unpaired) electrons. The summed E-state index contributed by atoms with van der Waals surface area (Å²) in [6.45, 7) is 2.76. The Kier molecular flexibility index (Phi) is 5.40. The predicted octanol–water partition coefficient (Wildman–Crippen LogP) is 1.85. The Labute approximate surface area is 155 Å². The molecule has 2 heterocycles. The fourth-order valence-corrected chi connectivity index (χ4v) is 3.09. The number of benzene rings is 1. The fraction of sp³-hybridized carbons (Fsp3) is 0.350. The van der Waals surface area contributed by atoms with Crippen molar-refractivity contribution in [2.75, 3.05) is 31.1 Å². The second-order valence-corrected chi connectivity index (χ2v) is 6.34. The van der Waals surface area contributed by atoms with Crippen molar-refractivity contribution in [1.29, 1.82) is 0 Å². The molecule has 2 amide bonds. The van der Waals surface area contributed by atoms with Crippen molar-refractivity contribution in [1.82, 2.24) is 9.88 Å². The molecule has 0 saturated carbocycles.